The van der Waals surface area contributed by atoms with Crippen molar-refractivity contribution in [3.63, 3.8) is 0 Å². The summed E-state index contributed by atoms with van der Waals surface area (Å²) < 4.78 is 6.20. The van der Waals surface area contributed by atoms with Gasteiger partial charge < -0.3 is 9.84 Å². The van der Waals surface area contributed by atoms with Crippen LogP contribution >= 0.6 is 28.4 Å². The molecule has 1 rings (SSSR count). The van der Waals surface area contributed by atoms with Crippen LogP contribution in [0.15, 0.2) is 6.20 Å². The number of aromatic hydroxyl groups is 1. The molecule has 0 fully saturated rings. The molecule has 0 saturated heterocycles. The average molecular weight is 314 g/mol. The second kappa shape index (κ2) is 4.76. The Labute approximate surface area is 89.8 Å². The molecule has 0 saturated carbocycles. The molecule has 0 radical (unpaired) electrons. The van der Waals surface area contributed by atoms with Crippen molar-refractivity contribution in [3.05, 3.63) is 11.8 Å². The van der Waals surface area contributed by atoms with E-state index in [1.165, 1.54) is 10.6 Å². The van der Waals surface area contributed by atoms with Crippen molar-refractivity contribution in [1.82, 2.24) is 9.55 Å². The molecule has 7 heteroatoms. The summed E-state index contributed by atoms with van der Waals surface area (Å²) in [5.41, 5.74) is 0.117. The Kier molecular flexibility index (Phi) is 3.92. The quantitative estimate of drug-likeness (QED) is 0.522. The third-order valence-corrected chi connectivity index (χ3v) is 3.16. The van der Waals surface area contributed by atoms with E-state index in [-0.39, 0.29) is 18.1 Å². The zero-order chi connectivity index (χ0) is 9.84. The average Bonchev–Trinajstić information content (AvgIpc) is 2.47. The second-order valence-electron chi connectivity index (χ2n) is 2.12. The number of aromatic nitrogens is 2. The predicted molar refractivity (Wildman–Crippen MR) is 57.6 cm³/mol. The predicted octanol–water partition coefficient (Wildman–Crippen LogP) is 1.56. The Balaban J connectivity index is 2.87. The van der Waals surface area contributed by atoms with Gasteiger partial charge in [0.1, 0.15) is 5.56 Å². The number of ether oxygens (including phenoxy) is 1. The molecule has 0 aliphatic carbocycles. The first-order chi connectivity index (χ1) is 6.19. The first-order valence-corrected chi connectivity index (χ1v) is 7.57. The van der Waals surface area contributed by atoms with Gasteiger partial charge in [-0.25, -0.2) is 9.25 Å². The number of rotatable bonds is 3. The topological polar surface area (TPSA) is 64.4 Å². The lowest BCUT2D eigenvalue weighted by Crippen LogP contribution is -2.03. The molecule has 5 nitrogen and oxygen atoms in total. The van der Waals surface area contributed by atoms with Crippen molar-refractivity contribution >= 4 is 34.4 Å². The van der Waals surface area contributed by atoms with Gasteiger partial charge in [0.2, 0.25) is 5.88 Å². The summed E-state index contributed by atoms with van der Waals surface area (Å²) in [6, 6.07) is 0. The van der Waals surface area contributed by atoms with E-state index in [2.05, 4.69) is 27.1 Å². The molecule has 1 atom stereocenters. The maximum Gasteiger partial charge on any atom is 0.345 e. The van der Waals surface area contributed by atoms with Crippen LogP contribution in [-0.4, -0.2) is 27.2 Å². The van der Waals surface area contributed by atoms with Crippen molar-refractivity contribution < 1.29 is 14.6 Å². The van der Waals surface area contributed by atoms with Crippen molar-refractivity contribution in [1.29, 1.82) is 0 Å². The van der Waals surface area contributed by atoms with Crippen LogP contribution in [0.25, 0.3) is 0 Å². The first kappa shape index (κ1) is 10.7. The summed E-state index contributed by atoms with van der Waals surface area (Å²) in [7, 11) is 0. The molecule has 1 aromatic rings. The second-order valence-corrected chi connectivity index (χ2v) is 4.19. The number of hydrogen-bond acceptors (Lipinski definition) is 4. The summed E-state index contributed by atoms with van der Waals surface area (Å²) in [6.07, 6.45) is 1.82. The van der Waals surface area contributed by atoms with E-state index in [0.29, 0.717) is 6.37 Å². The van der Waals surface area contributed by atoms with Gasteiger partial charge in [-0.3, -0.25) is 0 Å². The van der Waals surface area contributed by atoms with Crippen LogP contribution in [0.2, 0.25) is 0 Å². The van der Waals surface area contributed by atoms with Crippen LogP contribution in [0.1, 0.15) is 17.3 Å². The highest BCUT2D eigenvalue weighted by Gasteiger charge is 2.16. The van der Waals surface area contributed by atoms with Crippen LogP contribution < -0.4 is 0 Å². The highest BCUT2D eigenvalue weighted by atomic mass is 127. The smallest absolute Gasteiger partial charge is 0.345 e. The van der Waals surface area contributed by atoms with Gasteiger partial charge in [-0.15, -0.1) is 5.10 Å². The molecule has 1 N–H and O–H groups in total. The fourth-order valence-corrected chi connectivity index (χ4v) is 1.81. The molecule has 0 aromatic carbocycles. The SMILES string of the molecule is CCOC(=O)c1cn(PI)nc1O. The highest BCUT2D eigenvalue weighted by molar-refractivity contribution is 14.2. The maximum absolute atomic E-state index is 11.2. The lowest BCUT2D eigenvalue weighted by molar-refractivity contribution is 0.0523. The van der Waals surface area contributed by atoms with Gasteiger partial charge in [-0.05, 0) is 29.0 Å². The van der Waals surface area contributed by atoms with E-state index in [1.54, 1.807) is 6.92 Å². The van der Waals surface area contributed by atoms with Crippen molar-refractivity contribution in [3.8, 4) is 5.88 Å². The van der Waals surface area contributed by atoms with Gasteiger partial charge in [0.15, 0.2) is 0 Å². The molecule has 0 aliphatic heterocycles. The Hall–Kier alpha value is -0.360. The van der Waals surface area contributed by atoms with Gasteiger partial charge in [-0.2, -0.15) is 0 Å². The molecule has 1 heterocycles. The highest BCUT2D eigenvalue weighted by Crippen LogP contribution is 2.26. The number of nitrogens with zero attached hydrogens (tertiary/aromatic N) is 2. The minimum atomic E-state index is -0.541. The molecule has 72 valence electrons. The Bertz CT molecular complexity index is 315. The van der Waals surface area contributed by atoms with Crippen molar-refractivity contribution in [2.75, 3.05) is 6.61 Å². The Morgan fingerprint density at radius 1 is 1.92 bits per heavy atom. The molecular formula is C6H8IN2O3P. The van der Waals surface area contributed by atoms with Gasteiger partial charge in [0.05, 0.1) is 13.0 Å². The number of carbonyl (C=O) groups is 1. The molecule has 1 unspecified atom stereocenters. The van der Waals surface area contributed by atoms with E-state index in [0.717, 1.165) is 0 Å². The third-order valence-electron chi connectivity index (χ3n) is 1.28. The van der Waals surface area contributed by atoms with E-state index < -0.39 is 5.97 Å². The van der Waals surface area contributed by atoms with Gasteiger partial charge in [0, 0.05) is 6.20 Å². The van der Waals surface area contributed by atoms with E-state index >= 15 is 0 Å². The number of esters is 1. The van der Waals surface area contributed by atoms with Crippen LogP contribution in [-0.2, 0) is 4.74 Å². The standard InChI is InChI=1S/C6H8IN2O3P/c1-2-12-6(11)4-3-9(13-7)8-5(4)10/h3,13H,2H2,1H3,(H,8,10). The lowest BCUT2D eigenvalue weighted by atomic mass is 10.3. The monoisotopic (exact) mass is 314 g/mol. The molecule has 0 spiro atoms. The van der Waals surface area contributed by atoms with Crippen molar-refractivity contribution in [2.24, 2.45) is 0 Å². The normalized spacial score (nSPS) is 10.9. The summed E-state index contributed by atoms with van der Waals surface area (Å²) in [5.74, 6) is -0.816. The van der Waals surface area contributed by atoms with E-state index in [1.807, 2.05) is 0 Å². The molecule has 0 aliphatic rings. The van der Waals surface area contributed by atoms with Gasteiger partial charge in [0.25, 0.3) is 0 Å². The molecule has 1 aromatic heterocycles. The number of hydrogen-bond donors (Lipinski definition) is 1. The third kappa shape index (κ3) is 2.54. The van der Waals surface area contributed by atoms with Crippen LogP contribution in [0.5, 0.6) is 5.88 Å². The van der Waals surface area contributed by atoms with Crippen LogP contribution in [0.4, 0.5) is 0 Å². The maximum atomic E-state index is 11.2. The Morgan fingerprint density at radius 2 is 2.62 bits per heavy atom. The van der Waals surface area contributed by atoms with Gasteiger partial charge >= 0.3 is 5.97 Å². The zero-order valence-corrected chi connectivity index (χ0v) is 9.98. The largest absolute Gasteiger partial charge is 0.492 e. The fraction of sp³-hybridized carbons (Fsp3) is 0.333. The number of halogens is 1. The lowest BCUT2D eigenvalue weighted by Gasteiger charge is -1.96. The zero-order valence-electron chi connectivity index (χ0n) is 6.82. The van der Waals surface area contributed by atoms with Crippen LogP contribution in [0, 0.1) is 0 Å². The van der Waals surface area contributed by atoms with E-state index in [9.17, 15) is 9.90 Å². The molecule has 13 heavy (non-hydrogen) atoms. The number of carbonyl (C=O) groups excluding carboxylic acids is 1. The fourth-order valence-electron chi connectivity index (χ4n) is 0.761. The molecule has 0 bridgehead atoms. The minimum absolute atomic E-state index is 0.117. The summed E-state index contributed by atoms with van der Waals surface area (Å²) in [6.45, 7) is 2.00. The first-order valence-electron chi connectivity index (χ1n) is 3.51. The van der Waals surface area contributed by atoms with E-state index in [4.69, 9.17) is 4.74 Å². The van der Waals surface area contributed by atoms with Gasteiger partial charge in [-0.1, -0.05) is 0 Å². The Morgan fingerprint density at radius 3 is 3.08 bits per heavy atom. The van der Waals surface area contributed by atoms with Crippen molar-refractivity contribution in [2.45, 2.75) is 6.92 Å². The summed E-state index contributed by atoms with van der Waals surface area (Å²) in [4.78, 5) is 11.2. The van der Waals surface area contributed by atoms with Crippen LogP contribution in [0.3, 0.4) is 0 Å². The summed E-state index contributed by atoms with van der Waals surface area (Å²) >= 11 is 2.09. The minimum Gasteiger partial charge on any atom is -0.492 e. The summed E-state index contributed by atoms with van der Waals surface area (Å²) in [5, 5.41) is 12.9. The molecule has 0 amide bonds. The molecular weight excluding hydrogens is 306 g/mol.